The van der Waals surface area contributed by atoms with Gasteiger partial charge in [-0.3, -0.25) is 0 Å². The molecule has 0 aliphatic carbocycles. The summed E-state index contributed by atoms with van der Waals surface area (Å²) >= 11 is 1.53. The van der Waals surface area contributed by atoms with E-state index in [2.05, 4.69) is 27.3 Å². The lowest BCUT2D eigenvalue weighted by atomic mass is 10.2. The molecule has 0 saturated heterocycles. The van der Waals surface area contributed by atoms with Gasteiger partial charge in [0.1, 0.15) is 5.75 Å². The van der Waals surface area contributed by atoms with Crippen LogP contribution in [0.1, 0.15) is 31.5 Å². The third-order valence-electron chi connectivity index (χ3n) is 3.77. The molecule has 0 aliphatic heterocycles. The molecule has 132 valence electrons. The molecule has 3 aromatic rings. The lowest BCUT2D eigenvalue weighted by molar-refractivity contribution is 0.384. The summed E-state index contributed by atoms with van der Waals surface area (Å²) in [4.78, 5) is 4.41. The molecule has 0 fully saturated rings. The van der Waals surface area contributed by atoms with Crippen molar-refractivity contribution in [3.05, 3.63) is 36.0 Å². The minimum absolute atomic E-state index is 0.577. The Balaban J connectivity index is 1.65. The summed E-state index contributed by atoms with van der Waals surface area (Å²) in [5.74, 6) is 3.59. The second-order valence-corrected chi connectivity index (χ2v) is 6.53. The summed E-state index contributed by atoms with van der Waals surface area (Å²) in [6.07, 6.45) is 3.04. The van der Waals surface area contributed by atoms with Crippen molar-refractivity contribution in [1.82, 2.24) is 24.9 Å². The van der Waals surface area contributed by atoms with Crippen LogP contribution < -0.4 is 4.74 Å². The maximum atomic E-state index is 5.29. The summed E-state index contributed by atoms with van der Waals surface area (Å²) in [7, 11) is 3.60. The molecule has 0 amide bonds. The number of ether oxygens (including phenoxy) is 1. The Kier molecular flexibility index (Phi) is 5.70. The average molecular weight is 359 g/mol. The van der Waals surface area contributed by atoms with Crippen molar-refractivity contribution < 1.29 is 9.26 Å². The summed E-state index contributed by atoms with van der Waals surface area (Å²) < 4.78 is 12.4. The first-order chi connectivity index (χ1) is 12.2. The Labute approximate surface area is 150 Å². The van der Waals surface area contributed by atoms with Crippen molar-refractivity contribution in [3.8, 4) is 17.1 Å². The van der Waals surface area contributed by atoms with Gasteiger partial charge < -0.3 is 13.8 Å². The van der Waals surface area contributed by atoms with E-state index in [0.717, 1.165) is 47.4 Å². The second-order valence-electron chi connectivity index (χ2n) is 5.59. The SMILES string of the molecule is CCCCc1noc(CSc2nnc(-c3ccc(OC)cc3)n2C)n1. The van der Waals surface area contributed by atoms with Crippen LogP contribution in [0.2, 0.25) is 0 Å². The monoisotopic (exact) mass is 359 g/mol. The van der Waals surface area contributed by atoms with E-state index in [4.69, 9.17) is 9.26 Å². The van der Waals surface area contributed by atoms with E-state index in [1.165, 1.54) is 11.8 Å². The van der Waals surface area contributed by atoms with Gasteiger partial charge in [-0.05, 0) is 30.7 Å². The van der Waals surface area contributed by atoms with Gasteiger partial charge in [-0.15, -0.1) is 10.2 Å². The molecule has 25 heavy (non-hydrogen) atoms. The van der Waals surface area contributed by atoms with Crippen molar-refractivity contribution in [3.63, 3.8) is 0 Å². The van der Waals surface area contributed by atoms with Crippen molar-refractivity contribution in [2.45, 2.75) is 37.1 Å². The van der Waals surface area contributed by atoms with E-state index in [0.29, 0.717) is 11.6 Å². The van der Waals surface area contributed by atoms with Crippen LogP contribution in [-0.2, 0) is 19.2 Å². The van der Waals surface area contributed by atoms with Gasteiger partial charge in [0.05, 0.1) is 12.9 Å². The van der Waals surface area contributed by atoms with Crippen LogP contribution in [0.15, 0.2) is 33.9 Å². The van der Waals surface area contributed by atoms with Gasteiger partial charge in [-0.2, -0.15) is 4.98 Å². The standard InChI is InChI=1S/C17H21N5O2S/c1-4-5-6-14-18-15(24-21-14)11-25-17-20-19-16(22(17)2)12-7-9-13(23-3)10-8-12/h7-10H,4-6,11H2,1-3H3. The number of methoxy groups -OCH3 is 1. The number of thioether (sulfide) groups is 1. The highest BCUT2D eigenvalue weighted by molar-refractivity contribution is 7.98. The Morgan fingerprint density at radius 3 is 2.72 bits per heavy atom. The fraction of sp³-hybridized carbons (Fsp3) is 0.412. The zero-order valence-corrected chi connectivity index (χ0v) is 15.4. The third-order valence-corrected chi connectivity index (χ3v) is 4.78. The number of aryl methyl sites for hydroxylation is 1. The Morgan fingerprint density at radius 1 is 1.20 bits per heavy atom. The molecular weight excluding hydrogens is 338 g/mol. The first kappa shape index (κ1) is 17.5. The maximum absolute atomic E-state index is 5.29. The van der Waals surface area contributed by atoms with Crippen molar-refractivity contribution in [2.24, 2.45) is 7.05 Å². The van der Waals surface area contributed by atoms with Gasteiger partial charge in [0.15, 0.2) is 16.8 Å². The summed E-state index contributed by atoms with van der Waals surface area (Å²) in [5.41, 5.74) is 0.988. The van der Waals surface area contributed by atoms with Gasteiger partial charge in [0.25, 0.3) is 0 Å². The van der Waals surface area contributed by atoms with Crippen LogP contribution in [0.5, 0.6) is 5.75 Å². The first-order valence-corrected chi connectivity index (χ1v) is 9.18. The lowest BCUT2D eigenvalue weighted by Gasteiger charge is -2.04. The third kappa shape index (κ3) is 4.19. The number of nitrogens with zero attached hydrogens (tertiary/aromatic N) is 5. The first-order valence-electron chi connectivity index (χ1n) is 8.19. The van der Waals surface area contributed by atoms with E-state index >= 15 is 0 Å². The number of hydrogen-bond donors (Lipinski definition) is 0. The number of hydrogen-bond acceptors (Lipinski definition) is 7. The smallest absolute Gasteiger partial charge is 0.237 e. The van der Waals surface area contributed by atoms with Crippen LogP contribution in [0.25, 0.3) is 11.4 Å². The number of benzene rings is 1. The average Bonchev–Trinajstić information content (AvgIpc) is 3.25. The van der Waals surface area contributed by atoms with Gasteiger partial charge in [-0.25, -0.2) is 0 Å². The highest BCUT2D eigenvalue weighted by Gasteiger charge is 2.13. The zero-order valence-electron chi connectivity index (χ0n) is 14.6. The minimum Gasteiger partial charge on any atom is -0.497 e. The highest BCUT2D eigenvalue weighted by atomic mass is 32.2. The van der Waals surface area contributed by atoms with Crippen molar-refractivity contribution >= 4 is 11.8 Å². The van der Waals surface area contributed by atoms with Crippen LogP contribution in [-0.4, -0.2) is 32.0 Å². The van der Waals surface area contributed by atoms with Crippen LogP contribution in [0, 0.1) is 0 Å². The molecule has 3 rings (SSSR count). The van der Waals surface area contributed by atoms with E-state index in [-0.39, 0.29) is 0 Å². The highest BCUT2D eigenvalue weighted by Crippen LogP contribution is 2.26. The summed E-state index contributed by atoms with van der Waals surface area (Å²) in [6, 6.07) is 7.75. The summed E-state index contributed by atoms with van der Waals surface area (Å²) in [6.45, 7) is 2.14. The van der Waals surface area contributed by atoms with E-state index in [1.807, 2.05) is 35.9 Å². The molecule has 1 aromatic carbocycles. The molecule has 0 aliphatic rings. The molecule has 2 aromatic heterocycles. The number of rotatable bonds is 8. The largest absolute Gasteiger partial charge is 0.497 e. The predicted molar refractivity (Wildman–Crippen MR) is 95.5 cm³/mol. The molecule has 0 spiro atoms. The number of aromatic nitrogens is 5. The van der Waals surface area contributed by atoms with Gasteiger partial charge >= 0.3 is 0 Å². The fourth-order valence-corrected chi connectivity index (χ4v) is 3.09. The normalized spacial score (nSPS) is 11.0. The van der Waals surface area contributed by atoms with E-state index < -0.39 is 0 Å². The molecule has 8 heteroatoms. The Bertz CT molecular complexity index is 813. The van der Waals surface area contributed by atoms with E-state index in [9.17, 15) is 0 Å². The quantitative estimate of drug-likeness (QED) is 0.569. The van der Waals surface area contributed by atoms with Crippen LogP contribution >= 0.6 is 11.8 Å². The molecule has 0 bridgehead atoms. The van der Waals surface area contributed by atoms with Gasteiger partial charge in [0, 0.05) is 19.0 Å². The topological polar surface area (TPSA) is 78.9 Å². The van der Waals surface area contributed by atoms with Crippen molar-refractivity contribution in [2.75, 3.05) is 7.11 Å². The lowest BCUT2D eigenvalue weighted by Crippen LogP contribution is -1.95. The Morgan fingerprint density at radius 2 is 2.00 bits per heavy atom. The van der Waals surface area contributed by atoms with E-state index in [1.54, 1.807) is 7.11 Å². The molecular formula is C17H21N5O2S. The molecule has 7 nitrogen and oxygen atoms in total. The minimum atomic E-state index is 0.577. The second kappa shape index (κ2) is 8.15. The van der Waals surface area contributed by atoms with Gasteiger partial charge in [0.2, 0.25) is 5.89 Å². The molecule has 2 heterocycles. The predicted octanol–water partition coefficient (Wildman–Crippen LogP) is 3.51. The molecule has 0 saturated carbocycles. The molecule has 0 unspecified atom stereocenters. The molecule has 0 radical (unpaired) electrons. The van der Waals surface area contributed by atoms with Crippen molar-refractivity contribution in [1.29, 1.82) is 0 Å². The number of unbranched alkanes of at least 4 members (excludes halogenated alkanes) is 1. The van der Waals surface area contributed by atoms with Gasteiger partial charge in [-0.1, -0.05) is 30.3 Å². The zero-order chi connectivity index (χ0) is 17.6. The molecule has 0 atom stereocenters. The van der Waals surface area contributed by atoms with Crippen LogP contribution in [0.4, 0.5) is 0 Å². The summed E-state index contributed by atoms with van der Waals surface area (Å²) in [5, 5.41) is 13.4. The maximum Gasteiger partial charge on any atom is 0.237 e. The van der Waals surface area contributed by atoms with Crippen LogP contribution in [0.3, 0.4) is 0 Å². The Hall–Kier alpha value is -2.35. The fourth-order valence-electron chi connectivity index (χ4n) is 2.34. The molecule has 0 N–H and O–H groups in total.